The second kappa shape index (κ2) is 5.62. The van der Waals surface area contributed by atoms with Crippen LogP contribution in [0.4, 0.5) is 0 Å². The molecule has 1 N–H and O–H groups in total. The molecular weight excluding hydrogens is 206 g/mol. The summed E-state index contributed by atoms with van der Waals surface area (Å²) in [5.41, 5.74) is 4.80. The Kier molecular flexibility index (Phi) is 3.92. The molecule has 1 aromatic rings. The topological polar surface area (TPSA) is 23.9 Å². The number of nitrogens with one attached hydrogen (secondary N) is 1. The van der Waals surface area contributed by atoms with E-state index in [1.54, 1.807) is 0 Å². The van der Waals surface area contributed by atoms with Crippen LogP contribution in [0.25, 0.3) is 5.57 Å². The van der Waals surface area contributed by atoms with Gasteiger partial charge in [0.15, 0.2) is 0 Å². The molecule has 17 heavy (non-hydrogen) atoms. The van der Waals surface area contributed by atoms with Crippen LogP contribution < -0.4 is 0 Å². The van der Waals surface area contributed by atoms with Gasteiger partial charge in [-0.3, -0.25) is 0 Å². The second-order valence-corrected chi connectivity index (χ2v) is 4.58. The van der Waals surface area contributed by atoms with Crippen molar-refractivity contribution in [3.05, 3.63) is 53.6 Å². The monoisotopic (exact) mass is 225 g/mol. The van der Waals surface area contributed by atoms with Crippen LogP contribution in [0.15, 0.2) is 42.5 Å². The molecule has 1 nitrogen and oxygen atoms in total. The standard InChI is InChI=1S/C16H19N/c1-13(17)11-12-15-9-5-6-10-16(15)14-7-3-2-4-8-14/h3,5-10,17H,2,4,11-12H2,1H3. The Balaban J connectivity index is 2.24. The number of hydrogen-bond donors (Lipinski definition) is 1. The Bertz CT molecular complexity index is 466. The maximum absolute atomic E-state index is 7.53. The molecule has 0 saturated carbocycles. The zero-order valence-electron chi connectivity index (χ0n) is 10.4. The van der Waals surface area contributed by atoms with Gasteiger partial charge >= 0.3 is 0 Å². The normalized spacial score (nSPS) is 14.5. The van der Waals surface area contributed by atoms with E-state index in [0.717, 1.165) is 31.4 Å². The molecular formula is C16H19N. The van der Waals surface area contributed by atoms with E-state index in [1.807, 2.05) is 6.92 Å². The largest absolute Gasteiger partial charge is 0.310 e. The van der Waals surface area contributed by atoms with Crippen molar-refractivity contribution in [2.24, 2.45) is 0 Å². The maximum Gasteiger partial charge on any atom is 0.00615 e. The molecule has 0 spiro atoms. The molecule has 1 aliphatic rings. The summed E-state index contributed by atoms with van der Waals surface area (Å²) in [5.74, 6) is 0. The van der Waals surface area contributed by atoms with Crippen LogP contribution in [0.1, 0.15) is 37.3 Å². The fourth-order valence-corrected chi connectivity index (χ4v) is 2.16. The van der Waals surface area contributed by atoms with Crippen LogP contribution in [0.2, 0.25) is 0 Å². The molecule has 0 fully saturated rings. The van der Waals surface area contributed by atoms with Crippen LogP contribution >= 0.6 is 0 Å². The third-order valence-corrected chi connectivity index (χ3v) is 3.09. The number of hydrogen-bond acceptors (Lipinski definition) is 1. The van der Waals surface area contributed by atoms with Crippen molar-refractivity contribution < 1.29 is 0 Å². The van der Waals surface area contributed by atoms with Crippen molar-refractivity contribution in [2.45, 2.75) is 32.6 Å². The van der Waals surface area contributed by atoms with Crippen molar-refractivity contribution in [2.75, 3.05) is 0 Å². The van der Waals surface area contributed by atoms with Crippen molar-refractivity contribution in [3.63, 3.8) is 0 Å². The zero-order chi connectivity index (χ0) is 12.1. The lowest BCUT2D eigenvalue weighted by atomic mass is 9.93. The van der Waals surface area contributed by atoms with Crippen LogP contribution in [-0.2, 0) is 6.42 Å². The summed E-state index contributed by atoms with van der Waals surface area (Å²) in [6.45, 7) is 1.88. The molecule has 2 rings (SSSR count). The van der Waals surface area contributed by atoms with Gasteiger partial charge in [0.05, 0.1) is 0 Å². The molecule has 0 saturated heterocycles. The predicted molar refractivity (Wildman–Crippen MR) is 74.5 cm³/mol. The Hall–Kier alpha value is -1.63. The Morgan fingerprint density at radius 1 is 1.24 bits per heavy atom. The van der Waals surface area contributed by atoms with E-state index in [-0.39, 0.29) is 0 Å². The Morgan fingerprint density at radius 3 is 2.76 bits per heavy atom. The highest BCUT2D eigenvalue weighted by atomic mass is 14.4. The summed E-state index contributed by atoms with van der Waals surface area (Å²) >= 11 is 0. The number of rotatable bonds is 4. The van der Waals surface area contributed by atoms with E-state index in [1.165, 1.54) is 16.7 Å². The van der Waals surface area contributed by atoms with Gasteiger partial charge in [0.1, 0.15) is 0 Å². The molecule has 0 amide bonds. The molecule has 0 aliphatic heterocycles. The lowest BCUT2D eigenvalue weighted by molar-refractivity contribution is 1.01. The third kappa shape index (κ3) is 3.16. The second-order valence-electron chi connectivity index (χ2n) is 4.58. The van der Waals surface area contributed by atoms with Crippen molar-refractivity contribution >= 4 is 11.3 Å². The summed E-state index contributed by atoms with van der Waals surface area (Å²) in [6.07, 6.45) is 10.9. The lowest BCUT2D eigenvalue weighted by Crippen LogP contribution is -1.98. The average molecular weight is 225 g/mol. The fraction of sp³-hybridized carbons (Fsp3) is 0.312. The third-order valence-electron chi connectivity index (χ3n) is 3.09. The molecule has 0 aromatic heterocycles. The van der Waals surface area contributed by atoms with E-state index >= 15 is 0 Å². The average Bonchev–Trinajstić information content (AvgIpc) is 2.38. The van der Waals surface area contributed by atoms with Gasteiger partial charge in [0, 0.05) is 5.71 Å². The first-order valence-corrected chi connectivity index (χ1v) is 6.26. The van der Waals surface area contributed by atoms with Crippen molar-refractivity contribution in [3.8, 4) is 0 Å². The fourth-order valence-electron chi connectivity index (χ4n) is 2.16. The van der Waals surface area contributed by atoms with Crippen molar-refractivity contribution in [1.82, 2.24) is 0 Å². The first-order chi connectivity index (χ1) is 8.27. The molecule has 0 bridgehead atoms. The maximum atomic E-state index is 7.53. The number of benzene rings is 1. The van der Waals surface area contributed by atoms with E-state index in [2.05, 4.69) is 42.5 Å². The van der Waals surface area contributed by atoms with E-state index in [0.29, 0.717) is 0 Å². The molecule has 0 radical (unpaired) electrons. The van der Waals surface area contributed by atoms with Gasteiger partial charge in [-0.05, 0) is 49.3 Å². The summed E-state index contributed by atoms with van der Waals surface area (Å²) in [7, 11) is 0. The SMILES string of the molecule is CC(=N)CCc1ccccc1C1=CCCC=C1. The van der Waals surface area contributed by atoms with E-state index in [9.17, 15) is 0 Å². The lowest BCUT2D eigenvalue weighted by Gasteiger charge is -2.12. The van der Waals surface area contributed by atoms with Crippen LogP contribution in [-0.4, -0.2) is 5.71 Å². The molecule has 1 aromatic carbocycles. The van der Waals surface area contributed by atoms with Crippen LogP contribution in [0, 0.1) is 5.41 Å². The van der Waals surface area contributed by atoms with Gasteiger partial charge in [0.25, 0.3) is 0 Å². The highest BCUT2D eigenvalue weighted by molar-refractivity contribution is 5.80. The predicted octanol–water partition coefficient (Wildman–Crippen LogP) is 4.39. The van der Waals surface area contributed by atoms with Gasteiger partial charge in [-0.25, -0.2) is 0 Å². The van der Waals surface area contributed by atoms with Gasteiger partial charge in [0.2, 0.25) is 0 Å². The van der Waals surface area contributed by atoms with E-state index < -0.39 is 0 Å². The van der Waals surface area contributed by atoms with Gasteiger partial charge < -0.3 is 5.41 Å². The van der Waals surface area contributed by atoms with E-state index in [4.69, 9.17) is 5.41 Å². The first kappa shape index (κ1) is 11.8. The molecule has 88 valence electrons. The minimum absolute atomic E-state index is 0.757. The Labute approximate surface area is 103 Å². The van der Waals surface area contributed by atoms with Crippen molar-refractivity contribution in [1.29, 1.82) is 5.41 Å². The summed E-state index contributed by atoms with van der Waals surface area (Å²) < 4.78 is 0. The summed E-state index contributed by atoms with van der Waals surface area (Å²) in [4.78, 5) is 0. The summed E-state index contributed by atoms with van der Waals surface area (Å²) in [5, 5.41) is 7.53. The quantitative estimate of drug-likeness (QED) is 0.735. The number of aryl methyl sites for hydroxylation is 1. The molecule has 1 aliphatic carbocycles. The van der Waals surface area contributed by atoms with Crippen LogP contribution in [0.3, 0.4) is 0 Å². The van der Waals surface area contributed by atoms with Gasteiger partial charge in [-0.15, -0.1) is 0 Å². The smallest absolute Gasteiger partial charge is 0.00615 e. The molecule has 1 heteroatoms. The Morgan fingerprint density at radius 2 is 2.06 bits per heavy atom. The highest BCUT2D eigenvalue weighted by Gasteiger charge is 2.06. The minimum atomic E-state index is 0.757. The first-order valence-electron chi connectivity index (χ1n) is 6.26. The molecule has 0 unspecified atom stereocenters. The van der Waals surface area contributed by atoms with Gasteiger partial charge in [-0.1, -0.05) is 42.5 Å². The minimum Gasteiger partial charge on any atom is -0.310 e. The molecule has 0 atom stereocenters. The van der Waals surface area contributed by atoms with Gasteiger partial charge in [-0.2, -0.15) is 0 Å². The van der Waals surface area contributed by atoms with Crippen LogP contribution in [0.5, 0.6) is 0 Å². The number of allylic oxidation sites excluding steroid dienone is 4. The molecule has 0 heterocycles. The highest BCUT2D eigenvalue weighted by Crippen LogP contribution is 2.25. The zero-order valence-corrected chi connectivity index (χ0v) is 10.4. The summed E-state index contributed by atoms with van der Waals surface area (Å²) in [6, 6.07) is 8.56.